The Labute approximate surface area is 260 Å². The van der Waals surface area contributed by atoms with Crippen LogP contribution in [0.5, 0.6) is 0 Å². The molecule has 42 heavy (non-hydrogen) atoms. The number of hydrogen-bond donors (Lipinski definition) is 5. The first kappa shape index (κ1) is 36.8. The highest BCUT2D eigenvalue weighted by Crippen LogP contribution is 2.33. The van der Waals surface area contributed by atoms with Crippen molar-refractivity contribution in [2.75, 3.05) is 83.2 Å². The van der Waals surface area contributed by atoms with Crippen molar-refractivity contribution in [3.05, 3.63) is 0 Å². The van der Waals surface area contributed by atoms with E-state index >= 15 is 0 Å². The Kier molecular flexibility index (Phi) is 21.0. The van der Waals surface area contributed by atoms with Crippen LogP contribution in [-0.4, -0.2) is 129 Å². The molecule has 0 aromatic carbocycles. The lowest BCUT2D eigenvalue weighted by Crippen LogP contribution is -2.36. The highest BCUT2D eigenvalue weighted by atomic mass is 33.1. The van der Waals surface area contributed by atoms with Crippen molar-refractivity contribution >= 4 is 57.2 Å². The van der Waals surface area contributed by atoms with Crippen molar-refractivity contribution in [1.82, 2.24) is 21.3 Å². The van der Waals surface area contributed by atoms with Crippen LogP contribution >= 0.6 is 33.3 Å². The summed E-state index contributed by atoms with van der Waals surface area (Å²) in [4.78, 5) is 45.5. The maximum atomic E-state index is 12.0. The van der Waals surface area contributed by atoms with Crippen LogP contribution < -0.4 is 21.3 Å². The molecule has 3 atom stereocenters. The number of ether oxygens (including phenoxy) is 4. The van der Waals surface area contributed by atoms with E-state index in [0.29, 0.717) is 83.4 Å². The molecule has 0 saturated carbocycles. The monoisotopic (exact) mass is 654 g/mol. The summed E-state index contributed by atoms with van der Waals surface area (Å²) in [6.45, 7) is 4.35. The fourth-order valence-corrected chi connectivity index (χ4v) is 7.55. The minimum Gasteiger partial charge on any atom is -0.481 e. The molecule has 2 fully saturated rings. The molecule has 0 aromatic heterocycles. The second kappa shape index (κ2) is 24.0. The zero-order chi connectivity index (χ0) is 30.3. The van der Waals surface area contributed by atoms with Gasteiger partial charge in [-0.25, -0.2) is 4.79 Å². The number of rotatable bonds is 27. The van der Waals surface area contributed by atoms with Crippen molar-refractivity contribution < 1.29 is 43.2 Å². The van der Waals surface area contributed by atoms with Crippen molar-refractivity contribution in [3.63, 3.8) is 0 Å². The van der Waals surface area contributed by atoms with Gasteiger partial charge in [0.15, 0.2) is 0 Å². The number of carboxylic acid groups (broad SMARTS) is 1. The predicted molar refractivity (Wildman–Crippen MR) is 165 cm³/mol. The molecule has 2 aliphatic rings. The molecular formula is C26H46N4O9S3. The highest BCUT2D eigenvalue weighted by Gasteiger charge is 2.42. The third-order valence-corrected chi connectivity index (χ3v) is 10.1. The number of amides is 4. The van der Waals surface area contributed by atoms with E-state index in [4.69, 9.17) is 24.1 Å². The summed E-state index contributed by atoms with van der Waals surface area (Å²) in [5.74, 6) is 1.39. The summed E-state index contributed by atoms with van der Waals surface area (Å²) in [5, 5.41) is 20.6. The zero-order valence-corrected chi connectivity index (χ0v) is 26.6. The van der Waals surface area contributed by atoms with Crippen LogP contribution in [0, 0.1) is 0 Å². The number of urea groups is 1. The number of carboxylic acids is 1. The van der Waals surface area contributed by atoms with Gasteiger partial charge in [0.2, 0.25) is 11.8 Å². The van der Waals surface area contributed by atoms with Crippen LogP contribution in [0.25, 0.3) is 0 Å². The van der Waals surface area contributed by atoms with E-state index in [1.54, 1.807) is 10.8 Å². The summed E-state index contributed by atoms with van der Waals surface area (Å²) < 4.78 is 21.7. The molecule has 2 saturated heterocycles. The summed E-state index contributed by atoms with van der Waals surface area (Å²) in [6, 6.07) is 0.392. The quantitative estimate of drug-likeness (QED) is 0.0488. The maximum absolute atomic E-state index is 12.0. The first-order chi connectivity index (χ1) is 20.5. The van der Waals surface area contributed by atoms with Gasteiger partial charge in [-0.3, -0.25) is 14.4 Å². The second-order valence-corrected chi connectivity index (χ2v) is 13.5. The molecule has 16 heteroatoms. The van der Waals surface area contributed by atoms with Gasteiger partial charge in [0.05, 0.1) is 71.4 Å². The number of unbranched alkanes of at least 4 members (excludes halogenated alkanes) is 1. The van der Waals surface area contributed by atoms with E-state index in [2.05, 4.69) is 21.3 Å². The molecule has 13 nitrogen and oxygen atoms in total. The van der Waals surface area contributed by atoms with Gasteiger partial charge >= 0.3 is 12.0 Å². The predicted octanol–water partition coefficient (Wildman–Crippen LogP) is 1.26. The Morgan fingerprint density at radius 3 is 2.12 bits per heavy atom. The fourth-order valence-electron chi connectivity index (χ4n) is 4.12. The lowest BCUT2D eigenvalue weighted by atomic mass is 10.0. The standard InChI is InChI=1S/C26H46N4O9S3/c31-22(4-2-1-3-21-25-20(19-40-21)29-26(35)30-25)27-7-10-37-12-14-39-16-15-38-13-11-36-9-5-23(32)28-8-18-42-41-17-6-24(33)34/h20-21,25H,1-19H2,(H,27,31)(H,28,32)(H,33,34)(H2,29,30,35). The smallest absolute Gasteiger partial charge is 0.315 e. The van der Waals surface area contributed by atoms with Gasteiger partial charge in [0.25, 0.3) is 0 Å². The van der Waals surface area contributed by atoms with Crippen LogP contribution in [-0.2, 0) is 33.3 Å². The van der Waals surface area contributed by atoms with Crippen LogP contribution in [0.2, 0.25) is 0 Å². The molecule has 2 aliphatic heterocycles. The van der Waals surface area contributed by atoms with Crippen molar-refractivity contribution in [2.24, 2.45) is 0 Å². The minimum atomic E-state index is -0.802. The number of hydrogen-bond acceptors (Lipinski definition) is 11. The van der Waals surface area contributed by atoms with Gasteiger partial charge < -0.3 is 45.3 Å². The number of thioether (sulfide) groups is 1. The first-order valence-corrected chi connectivity index (χ1v) is 18.0. The lowest BCUT2D eigenvalue weighted by molar-refractivity contribution is -0.136. The number of carbonyl (C=O) groups excluding carboxylic acids is 3. The van der Waals surface area contributed by atoms with E-state index in [1.807, 2.05) is 11.8 Å². The summed E-state index contributed by atoms with van der Waals surface area (Å²) in [7, 11) is 3.03. The molecule has 0 bridgehead atoms. The molecule has 0 aromatic rings. The van der Waals surface area contributed by atoms with Crippen LogP contribution in [0.3, 0.4) is 0 Å². The summed E-state index contributed by atoms with van der Waals surface area (Å²) >= 11 is 1.89. The molecule has 2 heterocycles. The molecule has 2 rings (SSSR count). The summed E-state index contributed by atoms with van der Waals surface area (Å²) in [6.07, 6.45) is 3.73. The van der Waals surface area contributed by atoms with Crippen molar-refractivity contribution in [2.45, 2.75) is 55.9 Å². The van der Waals surface area contributed by atoms with E-state index in [9.17, 15) is 19.2 Å². The van der Waals surface area contributed by atoms with Crippen LogP contribution in [0.15, 0.2) is 0 Å². The number of nitrogens with one attached hydrogen (secondary N) is 4. The minimum absolute atomic E-state index is 0.0313. The number of carbonyl (C=O) groups is 4. The van der Waals surface area contributed by atoms with E-state index < -0.39 is 5.97 Å². The Hall–Kier alpha value is -1.43. The molecule has 5 N–H and O–H groups in total. The number of fused-ring (bicyclic) bond motifs is 1. The topological polar surface area (TPSA) is 174 Å². The Bertz CT molecular complexity index is 800. The second-order valence-electron chi connectivity index (χ2n) is 9.55. The largest absolute Gasteiger partial charge is 0.481 e. The van der Waals surface area contributed by atoms with E-state index in [-0.39, 0.29) is 42.8 Å². The SMILES string of the molecule is O=C(O)CCSSCCNC(=O)CCOCCOCCOCCOCCNC(=O)CCCCC1SCC2NC(=O)NC21. The first-order valence-electron chi connectivity index (χ1n) is 14.4. The van der Waals surface area contributed by atoms with Gasteiger partial charge in [-0.2, -0.15) is 11.8 Å². The molecule has 3 unspecified atom stereocenters. The molecule has 4 amide bonds. The normalized spacial score (nSPS) is 19.2. The van der Waals surface area contributed by atoms with Crippen LogP contribution in [0.4, 0.5) is 4.79 Å². The lowest BCUT2D eigenvalue weighted by Gasteiger charge is -2.16. The zero-order valence-electron chi connectivity index (χ0n) is 24.1. The average molecular weight is 655 g/mol. The van der Waals surface area contributed by atoms with Gasteiger partial charge in [0.1, 0.15) is 0 Å². The molecular weight excluding hydrogens is 609 g/mol. The Morgan fingerprint density at radius 1 is 0.786 bits per heavy atom. The van der Waals surface area contributed by atoms with Crippen molar-refractivity contribution in [3.8, 4) is 0 Å². The molecule has 0 spiro atoms. The average Bonchev–Trinajstić information content (AvgIpc) is 3.51. The maximum Gasteiger partial charge on any atom is 0.315 e. The van der Waals surface area contributed by atoms with Gasteiger partial charge in [-0.1, -0.05) is 28.0 Å². The Morgan fingerprint density at radius 2 is 1.40 bits per heavy atom. The highest BCUT2D eigenvalue weighted by molar-refractivity contribution is 8.76. The van der Waals surface area contributed by atoms with Gasteiger partial charge in [-0.05, 0) is 12.8 Å². The van der Waals surface area contributed by atoms with E-state index in [1.165, 1.54) is 10.8 Å². The van der Waals surface area contributed by atoms with Gasteiger partial charge in [0, 0.05) is 48.4 Å². The van der Waals surface area contributed by atoms with E-state index in [0.717, 1.165) is 30.8 Å². The molecule has 242 valence electrons. The summed E-state index contributed by atoms with van der Waals surface area (Å²) in [5.41, 5.74) is 0. The third kappa shape index (κ3) is 18.3. The number of aliphatic carboxylic acids is 1. The van der Waals surface area contributed by atoms with Crippen molar-refractivity contribution in [1.29, 1.82) is 0 Å². The molecule has 0 radical (unpaired) electrons. The third-order valence-electron chi connectivity index (χ3n) is 6.23. The fraction of sp³-hybridized carbons (Fsp3) is 0.846. The van der Waals surface area contributed by atoms with Crippen LogP contribution in [0.1, 0.15) is 38.5 Å². The van der Waals surface area contributed by atoms with Gasteiger partial charge in [-0.15, -0.1) is 0 Å². The Balaban J connectivity index is 1.23. The molecule has 0 aliphatic carbocycles.